The van der Waals surface area contributed by atoms with Crippen LogP contribution >= 0.6 is 0 Å². The molecular weight excluding hydrogens is 498 g/mol. The van der Waals surface area contributed by atoms with E-state index in [0.717, 1.165) is 51.6 Å². The topological polar surface area (TPSA) is 69.7 Å². The van der Waals surface area contributed by atoms with Gasteiger partial charge in [-0.25, -0.2) is 4.39 Å². The number of halogens is 4. The number of rotatable bonds is 5. The van der Waals surface area contributed by atoms with Gasteiger partial charge in [0.2, 0.25) is 0 Å². The van der Waals surface area contributed by atoms with Crippen molar-refractivity contribution in [2.75, 3.05) is 33.7 Å². The largest absolute Gasteiger partial charge is 0.405 e. The average Bonchev–Trinajstić information content (AvgIpc) is 3.37. The summed E-state index contributed by atoms with van der Waals surface area (Å²) in [6.45, 7) is 5.82. The number of hydrogen-bond acceptors (Lipinski definition) is 5. The second-order valence-electron chi connectivity index (χ2n) is 13.0. The Balaban J connectivity index is 1.20. The van der Waals surface area contributed by atoms with Crippen LogP contribution in [-0.2, 0) is 0 Å². The monoisotopic (exact) mass is 545 g/mol. The zero-order chi connectivity index (χ0) is 27.4. The Labute approximate surface area is 224 Å². The number of likely N-dealkylation sites (N-methyl/N-ethyl adjacent to an activating group) is 2. The van der Waals surface area contributed by atoms with Gasteiger partial charge in [-0.2, -0.15) is 13.2 Å². The molecule has 38 heavy (non-hydrogen) atoms. The van der Waals surface area contributed by atoms with Crippen molar-refractivity contribution < 1.29 is 17.6 Å². The van der Waals surface area contributed by atoms with E-state index in [9.17, 15) is 17.6 Å². The molecule has 0 aromatic heterocycles. The first-order valence-electron chi connectivity index (χ1n) is 14.7. The normalized spacial score (nSPS) is 43.2. The minimum atomic E-state index is -4.21. The first-order chi connectivity index (χ1) is 18.0. The molecule has 3 aliphatic heterocycles. The van der Waals surface area contributed by atoms with E-state index in [2.05, 4.69) is 34.7 Å². The maximum absolute atomic E-state index is 15.0. The fourth-order valence-electron chi connectivity index (χ4n) is 8.28. The highest BCUT2D eigenvalue weighted by Gasteiger charge is 2.50. The Morgan fingerprint density at radius 1 is 1.00 bits per heavy atom. The molecular formula is C27H47F4N7. The molecule has 0 aromatic carbocycles. The van der Waals surface area contributed by atoms with Crippen LogP contribution in [0.4, 0.5) is 17.6 Å². The highest BCUT2D eigenvalue weighted by molar-refractivity contribution is 5.80. The molecule has 11 heteroatoms. The van der Waals surface area contributed by atoms with Gasteiger partial charge in [-0.1, -0.05) is 20.3 Å². The van der Waals surface area contributed by atoms with Gasteiger partial charge in [-0.15, -0.1) is 0 Å². The summed E-state index contributed by atoms with van der Waals surface area (Å²) in [5.74, 6) is 1.70. The van der Waals surface area contributed by atoms with Crippen LogP contribution in [-0.4, -0.2) is 97.3 Å². The fourth-order valence-corrected chi connectivity index (χ4v) is 8.28. The van der Waals surface area contributed by atoms with Crippen LogP contribution in [0.2, 0.25) is 0 Å². The van der Waals surface area contributed by atoms with Crippen molar-refractivity contribution in [2.45, 2.75) is 102 Å². The lowest BCUT2D eigenvalue weighted by atomic mass is 9.70. The third-order valence-electron chi connectivity index (χ3n) is 10.3. The van der Waals surface area contributed by atoms with Crippen molar-refractivity contribution in [3.05, 3.63) is 0 Å². The highest BCUT2D eigenvalue weighted by atomic mass is 19.4. The van der Waals surface area contributed by atoms with Gasteiger partial charge in [0, 0.05) is 26.7 Å². The lowest BCUT2D eigenvalue weighted by Gasteiger charge is -2.47. The maximum atomic E-state index is 15.0. The molecule has 3 saturated heterocycles. The van der Waals surface area contributed by atoms with Crippen molar-refractivity contribution in [3.8, 4) is 0 Å². The fraction of sp³-hybridized carbons (Fsp3) is 0.963. The first-order valence-corrected chi connectivity index (χ1v) is 14.7. The summed E-state index contributed by atoms with van der Waals surface area (Å²) in [6, 6.07) is -1.30. The molecule has 2 saturated carbocycles. The third-order valence-corrected chi connectivity index (χ3v) is 10.3. The predicted octanol–water partition coefficient (Wildman–Crippen LogP) is 3.39. The van der Waals surface area contributed by atoms with Crippen LogP contribution in [0.15, 0.2) is 0 Å². The second-order valence-corrected chi connectivity index (χ2v) is 13.0. The van der Waals surface area contributed by atoms with Crippen LogP contribution in [0.5, 0.6) is 0 Å². The number of nitrogens with zero attached hydrogens (tertiary/aromatic N) is 3. The van der Waals surface area contributed by atoms with E-state index in [0.29, 0.717) is 18.3 Å². The molecule has 4 N–H and O–H groups in total. The second kappa shape index (κ2) is 11.0. The summed E-state index contributed by atoms with van der Waals surface area (Å²) >= 11 is 0. The molecule has 5 fully saturated rings. The van der Waals surface area contributed by atoms with Crippen LogP contribution in [0.1, 0.15) is 58.8 Å². The SMILES string of the molecule is CC(C)C1C(F)CCCC1C1NCC2C(N1)N(CC1CCC(C3NC(C(F)(F)F)CN3C)CC1)C(=N)N2C. The van der Waals surface area contributed by atoms with Gasteiger partial charge >= 0.3 is 6.18 Å². The zero-order valence-electron chi connectivity index (χ0n) is 23.3. The molecule has 0 aromatic rings. The van der Waals surface area contributed by atoms with E-state index in [1.165, 1.54) is 0 Å². The van der Waals surface area contributed by atoms with Crippen LogP contribution in [0, 0.1) is 35.0 Å². The van der Waals surface area contributed by atoms with Gasteiger partial charge in [0.15, 0.2) is 5.96 Å². The molecule has 218 valence electrons. The summed E-state index contributed by atoms with van der Waals surface area (Å²) < 4.78 is 54.7. The van der Waals surface area contributed by atoms with Crippen molar-refractivity contribution in [1.82, 2.24) is 30.7 Å². The van der Waals surface area contributed by atoms with Crippen molar-refractivity contribution in [2.24, 2.45) is 29.6 Å². The Bertz CT molecular complexity index is 833. The molecule has 5 aliphatic rings. The van der Waals surface area contributed by atoms with Crippen molar-refractivity contribution in [3.63, 3.8) is 0 Å². The lowest BCUT2D eigenvalue weighted by molar-refractivity contribution is -0.150. The number of fused-ring (bicyclic) bond motifs is 1. The summed E-state index contributed by atoms with van der Waals surface area (Å²) in [4.78, 5) is 6.07. The van der Waals surface area contributed by atoms with E-state index in [-0.39, 0.29) is 54.8 Å². The third kappa shape index (κ3) is 5.41. The summed E-state index contributed by atoms with van der Waals surface area (Å²) in [6.07, 6.45) is 1.16. The molecule has 3 heterocycles. The first kappa shape index (κ1) is 28.4. The van der Waals surface area contributed by atoms with Crippen molar-refractivity contribution >= 4 is 5.96 Å². The molecule has 0 bridgehead atoms. The van der Waals surface area contributed by atoms with Crippen LogP contribution < -0.4 is 16.0 Å². The van der Waals surface area contributed by atoms with Crippen LogP contribution in [0.3, 0.4) is 0 Å². The molecule has 8 unspecified atom stereocenters. The molecule has 0 amide bonds. The minimum Gasteiger partial charge on any atom is -0.338 e. The van der Waals surface area contributed by atoms with Crippen LogP contribution in [0.25, 0.3) is 0 Å². The average molecular weight is 546 g/mol. The highest BCUT2D eigenvalue weighted by Crippen LogP contribution is 2.41. The van der Waals surface area contributed by atoms with Gasteiger partial charge in [0.05, 0.1) is 18.4 Å². The van der Waals surface area contributed by atoms with Gasteiger partial charge < -0.3 is 9.80 Å². The van der Waals surface area contributed by atoms with Gasteiger partial charge in [-0.05, 0) is 75.2 Å². The number of hydrogen-bond donors (Lipinski definition) is 4. The number of alkyl halides is 4. The predicted molar refractivity (Wildman–Crippen MR) is 140 cm³/mol. The summed E-state index contributed by atoms with van der Waals surface area (Å²) in [7, 11) is 3.77. The van der Waals surface area contributed by atoms with Gasteiger partial charge in [0.25, 0.3) is 0 Å². The molecule has 5 rings (SSSR count). The van der Waals surface area contributed by atoms with Crippen molar-refractivity contribution in [1.29, 1.82) is 5.41 Å². The minimum absolute atomic E-state index is 0.0110. The van der Waals surface area contributed by atoms with E-state index < -0.39 is 18.4 Å². The molecule has 7 nitrogen and oxygen atoms in total. The Hall–Kier alpha value is -1.17. The van der Waals surface area contributed by atoms with E-state index >= 15 is 0 Å². The van der Waals surface area contributed by atoms with Gasteiger partial charge in [-0.3, -0.25) is 26.3 Å². The molecule has 0 radical (unpaired) electrons. The molecule has 0 spiro atoms. The Morgan fingerprint density at radius 3 is 2.34 bits per heavy atom. The summed E-state index contributed by atoms with van der Waals surface area (Å²) in [5, 5.41) is 19.2. The standard InChI is InChI=1S/C27H47F4N7/c1-15(2)22-18(6-5-7-19(22)28)23-33-12-20-25(35-23)38(26(32)37(20)4)13-16-8-10-17(11-9-16)24-34-21(14-36(24)3)27(29,30)31/h15-25,32-35H,5-14H2,1-4H3. The number of guanidine groups is 1. The number of nitrogens with one attached hydrogen (secondary N) is 4. The van der Waals surface area contributed by atoms with E-state index in [1.807, 2.05) is 16.8 Å². The smallest absolute Gasteiger partial charge is 0.338 e. The maximum Gasteiger partial charge on any atom is 0.405 e. The molecule has 8 atom stereocenters. The zero-order valence-corrected chi connectivity index (χ0v) is 23.3. The Morgan fingerprint density at radius 2 is 1.71 bits per heavy atom. The van der Waals surface area contributed by atoms with E-state index in [1.54, 1.807) is 7.05 Å². The molecule has 2 aliphatic carbocycles. The lowest BCUT2D eigenvalue weighted by Crippen LogP contribution is -2.68. The van der Waals surface area contributed by atoms with E-state index in [4.69, 9.17) is 5.41 Å². The quantitative estimate of drug-likeness (QED) is 0.397. The summed E-state index contributed by atoms with van der Waals surface area (Å²) in [5.41, 5.74) is 0. The van der Waals surface area contributed by atoms with Gasteiger partial charge in [0.1, 0.15) is 18.4 Å². The Kier molecular flexibility index (Phi) is 8.22.